The number of carbonyl (C=O) groups is 2. The molecule has 0 radical (unpaired) electrons. The molecule has 1 rings (SSSR count). The second-order valence-electron chi connectivity index (χ2n) is 5.39. The molecule has 0 spiro atoms. The molecular formula is C17H24ClNO3. The molecular weight excluding hydrogens is 302 g/mol. The van der Waals surface area contributed by atoms with E-state index in [1.165, 1.54) is 7.11 Å². The van der Waals surface area contributed by atoms with Gasteiger partial charge in [0.05, 0.1) is 13.0 Å². The van der Waals surface area contributed by atoms with Crippen molar-refractivity contribution in [2.75, 3.05) is 13.7 Å². The monoisotopic (exact) mass is 325 g/mol. The number of halogens is 1. The van der Waals surface area contributed by atoms with E-state index in [1.807, 2.05) is 25.1 Å². The van der Waals surface area contributed by atoms with Gasteiger partial charge in [0.1, 0.15) is 0 Å². The number of esters is 1. The molecule has 0 heterocycles. The first-order valence-electron chi connectivity index (χ1n) is 7.58. The highest BCUT2D eigenvalue weighted by atomic mass is 35.5. The van der Waals surface area contributed by atoms with Gasteiger partial charge >= 0.3 is 5.97 Å². The molecule has 0 saturated carbocycles. The zero-order valence-electron chi connectivity index (χ0n) is 13.5. The van der Waals surface area contributed by atoms with E-state index in [1.54, 1.807) is 17.9 Å². The normalized spacial score (nSPS) is 11.8. The highest BCUT2D eigenvalue weighted by molar-refractivity contribution is 6.31. The Morgan fingerprint density at radius 3 is 2.59 bits per heavy atom. The van der Waals surface area contributed by atoms with Crippen molar-refractivity contribution < 1.29 is 14.3 Å². The van der Waals surface area contributed by atoms with Gasteiger partial charge in [0.25, 0.3) is 0 Å². The summed E-state index contributed by atoms with van der Waals surface area (Å²) in [5, 5.41) is 0.626. The lowest BCUT2D eigenvalue weighted by molar-refractivity contribution is -0.146. The number of carbonyl (C=O) groups excluding carboxylic acids is 2. The molecule has 0 saturated heterocycles. The molecule has 0 aliphatic rings. The van der Waals surface area contributed by atoms with Crippen LogP contribution in [-0.2, 0) is 20.9 Å². The van der Waals surface area contributed by atoms with Crippen LogP contribution in [-0.4, -0.2) is 30.4 Å². The minimum atomic E-state index is -0.363. The first kappa shape index (κ1) is 18.5. The largest absolute Gasteiger partial charge is 0.469 e. The van der Waals surface area contributed by atoms with Gasteiger partial charge in [-0.15, -0.1) is 0 Å². The van der Waals surface area contributed by atoms with Crippen molar-refractivity contribution in [1.29, 1.82) is 0 Å². The molecule has 1 aromatic rings. The molecule has 5 heteroatoms. The minimum absolute atomic E-state index is 0.0394. The number of amides is 1. The van der Waals surface area contributed by atoms with Gasteiger partial charge in [-0.2, -0.15) is 0 Å². The van der Waals surface area contributed by atoms with E-state index >= 15 is 0 Å². The molecule has 0 N–H and O–H groups in total. The lowest BCUT2D eigenvalue weighted by Crippen LogP contribution is -2.36. The van der Waals surface area contributed by atoms with Crippen LogP contribution in [0, 0.1) is 5.92 Å². The van der Waals surface area contributed by atoms with E-state index in [2.05, 4.69) is 0 Å². The highest BCUT2D eigenvalue weighted by Crippen LogP contribution is 2.19. The van der Waals surface area contributed by atoms with E-state index < -0.39 is 0 Å². The number of nitrogens with zero attached hydrogens (tertiary/aromatic N) is 1. The summed E-state index contributed by atoms with van der Waals surface area (Å²) in [5.74, 6) is -0.636. The van der Waals surface area contributed by atoms with Crippen LogP contribution in [0.2, 0.25) is 5.02 Å². The third-order valence-corrected chi connectivity index (χ3v) is 3.88. The minimum Gasteiger partial charge on any atom is -0.469 e. The molecule has 1 amide bonds. The van der Waals surface area contributed by atoms with Crippen LogP contribution in [0.25, 0.3) is 0 Å². The number of methoxy groups -OCH3 is 1. The maximum absolute atomic E-state index is 12.4. The molecule has 0 fully saturated rings. The van der Waals surface area contributed by atoms with Crippen LogP contribution in [0.4, 0.5) is 0 Å². The fourth-order valence-corrected chi connectivity index (χ4v) is 2.37. The second kappa shape index (κ2) is 9.46. The van der Waals surface area contributed by atoms with Gasteiger partial charge in [-0.05, 0) is 18.1 Å². The van der Waals surface area contributed by atoms with Gasteiger partial charge in [-0.25, -0.2) is 0 Å². The Balaban J connectivity index is 2.84. The summed E-state index contributed by atoms with van der Waals surface area (Å²) in [5.41, 5.74) is 0.881. The lowest BCUT2D eigenvalue weighted by Gasteiger charge is -2.25. The maximum Gasteiger partial charge on any atom is 0.310 e. The predicted octanol–water partition coefficient (Wildman–Crippen LogP) is 3.67. The van der Waals surface area contributed by atoms with Crippen molar-refractivity contribution in [3.8, 4) is 0 Å². The molecule has 22 heavy (non-hydrogen) atoms. The Morgan fingerprint density at radius 2 is 2.00 bits per heavy atom. The van der Waals surface area contributed by atoms with Gasteiger partial charge < -0.3 is 9.64 Å². The summed E-state index contributed by atoms with van der Waals surface area (Å²) in [6.07, 6.45) is 2.28. The summed E-state index contributed by atoms with van der Waals surface area (Å²) in [7, 11) is 1.36. The van der Waals surface area contributed by atoms with Crippen molar-refractivity contribution >= 4 is 23.5 Å². The van der Waals surface area contributed by atoms with Crippen molar-refractivity contribution in [3.63, 3.8) is 0 Å². The lowest BCUT2D eigenvalue weighted by atomic mass is 10.1. The van der Waals surface area contributed by atoms with Crippen LogP contribution in [0.5, 0.6) is 0 Å². The van der Waals surface area contributed by atoms with E-state index in [4.69, 9.17) is 16.3 Å². The molecule has 0 bridgehead atoms. The first-order valence-corrected chi connectivity index (χ1v) is 7.96. The summed E-state index contributed by atoms with van der Waals surface area (Å²) < 4.78 is 4.74. The van der Waals surface area contributed by atoms with Crippen LogP contribution >= 0.6 is 11.6 Å². The summed E-state index contributed by atoms with van der Waals surface area (Å²) in [6.45, 7) is 4.55. The number of hydrogen-bond donors (Lipinski definition) is 0. The number of unbranched alkanes of at least 4 members (excludes halogenated alkanes) is 1. The van der Waals surface area contributed by atoms with Crippen LogP contribution in [0.15, 0.2) is 24.3 Å². The molecule has 1 aromatic carbocycles. The number of benzene rings is 1. The topological polar surface area (TPSA) is 46.6 Å². The van der Waals surface area contributed by atoms with Gasteiger partial charge in [0, 0.05) is 24.5 Å². The van der Waals surface area contributed by atoms with Crippen molar-refractivity contribution in [1.82, 2.24) is 4.90 Å². The average molecular weight is 326 g/mol. The molecule has 4 nitrogen and oxygen atoms in total. The van der Waals surface area contributed by atoms with Gasteiger partial charge in [0.2, 0.25) is 5.91 Å². The summed E-state index contributed by atoms with van der Waals surface area (Å²) >= 11 is 6.17. The number of hydrogen-bond acceptors (Lipinski definition) is 3. The zero-order valence-corrected chi connectivity index (χ0v) is 14.2. The van der Waals surface area contributed by atoms with Crippen LogP contribution in [0.3, 0.4) is 0 Å². The molecule has 0 aliphatic heterocycles. The predicted molar refractivity (Wildman–Crippen MR) is 87.6 cm³/mol. The fourth-order valence-electron chi connectivity index (χ4n) is 2.18. The molecule has 1 unspecified atom stereocenters. The smallest absolute Gasteiger partial charge is 0.310 e. The Morgan fingerprint density at radius 1 is 1.32 bits per heavy atom. The number of ether oxygens (including phenoxy) is 1. The molecule has 0 aliphatic carbocycles. The molecule has 1 atom stereocenters. The van der Waals surface area contributed by atoms with Crippen LogP contribution < -0.4 is 0 Å². The fraction of sp³-hybridized carbons (Fsp3) is 0.529. The second-order valence-corrected chi connectivity index (χ2v) is 5.80. The van der Waals surface area contributed by atoms with E-state index in [-0.39, 0.29) is 17.8 Å². The Bertz CT molecular complexity index is 504. The quantitative estimate of drug-likeness (QED) is 0.685. The number of rotatable bonds is 8. The Labute approximate surface area is 137 Å². The van der Waals surface area contributed by atoms with Crippen molar-refractivity contribution in [2.24, 2.45) is 5.92 Å². The third-order valence-electron chi connectivity index (χ3n) is 3.51. The zero-order chi connectivity index (χ0) is 16.5. The summed E-state index contributed by atoms with van der Waals surface area (Å²) in [6, 6.07) is 7.44. The van der Waals surface area contributed by atoms with Crippen molar-refractivity contribution in [3.05, 3.63) is 34.9 Å². The average Bonchev–Trinajstić information content (AvgIpc) is 2.52. The van der Waals surface area contributed by atoms with Gasteiger partial charge in [-0.1, -0.05) is 50.1 Å². The van der Waals surface area contributed by atoms with Gasteiger partial charge in [-0.3, -0.25) is 9.59 Å². The Hall–Kier alpha value is -1.55. The van der Waals surface area contributed by atoms with Crippen LogP contribution in [0.1, 0.15) is 38.7 Å². The third kappa shape index (κ3) is 5.68. The SMILES string of the molecule is CCCCC(=O)N(Cc1ccccc1Cl)CC(C)C(=O)OC. The maximum atomic E-state index is 12.4. The highest BCUT2D eigenvalue weighted by Gasteiger charge is 2.22. The van der Waals surface area contributed by atoms with Crippen molar-refractivity contribution in [2.45, 2.75) is 39.7 Å². The molecule has 0 aromatic heterocycles. The standard InChI is InChI=1S/C17H24ClNO3/c1-4-5-10-16(20)19(11-13(2)17(21)22-3)12-14-8-6-7-9-15(14)18/h6-9,13H,4-5,10-12H2,1-3H3. The Kier molecular flexibility index (Phi) is 7.96. The first-order chi connectivity index (χ1) is 10.5. The van der Waals surface area contributed by atoms with Gasteiger partial charge in [0.15, 0.2) is 0 Å². The van der Waals surface area contributed by atoms with E-state index in [9.17, 15) is 9.59 Å². The molecule has 122 valence electrons. The van der Waals surface area contributed by atoms with E-state index in [0.29, 0.717) is 24.5 Å². The van der Waals surface area contributed by atoms with E-state index in [0.717, 1.165) is 18.4 Å². The summed E-state index contributed by atoms with van der Waals surface area (Å²) in [4.78, 5) is 25.7.